The smallest absolute Gasteiger partial charge is 0.328 e. The highest BCUT2D eigenvalue weighted by molar-refractivity contribution is 5.86. The number of rotatable bonds is 2. The van der Waals surface area contributed by atoms with Gasteiger partial charge in [-0.2, -0.15) is 9.97 Å². The maximum absolute atomic E-state index is 11.0. The van der Waals surface area contributed by atoms with Crippen LogP contribution < -0.4 is 9.47 Å². The van der Waals surface area contributed by atoms with E-state index in [1.165, 1.54) is 13.8 Å². The van der Waals surface area contributed by atoms with Gasteiger partial charge in [-0.25, -0.2) is 0 Å². The van der Waals surface area contributed by atoms with Crippen LogP contribution in [0.3, 0.4) is 0 Å². The molecular formula is C12H10N2O4. The molecule has 1 heterocycles. The molecule has 0 fully saturated rings. The second-order valence-corrected chi connectivity index (χ2v) is 3.52. The van der Waals surface area contributed by atoms with E-state index in [1.54, 1.807) is 24.3 Å². The molecule has 0 aliphatic rings. The minimum absolute atomic E-state index is 0.0735. The van der Waals surface area contributed by atoms with Gasteiger partial charge in [-0.05, 0) is 12.1 Å². The van der Waals surface area contributed by atoms with Crippen LogP contribution in [0.2, 0.25) is 0 Å². The summed E-state index contributed by atoms with van der Waals surface area (Å²) in [5.74, 6) is -0.976. The van der Waals surface area contributed by atoms with Gasteiger partial charge in [-0.15, -0.1) is 0 Å². The number of fused-ring (bicyclic) bond motifs is 1. The highest BCUT2D eigenvalue weighted by atomic mass is 16.6. The first kappa shape index (κ1) is 12.0. The van der Waals surface area contributed by atoms with Crippen molar-refractivity contribution in [1.29, 1.82) is 0 Å². The average Bonchev–Trinajstić information content (AvgIpc) is 2.27. The van der Waals surface area contributed by atoms with E-state index in [1.807, 2.05) is 0 Å². The van der Waals surface area contributed by atoms with Gasteiger partial charge in [0.2, 0.25) is 5.88 Å². The summed E-state index contributed by atoms with van der Waals surface area (Å²) in [5.41, 5.74) is 0.528. The summed E-state index contributed by atoms with van der Waals surface area (Å²) in [4.78, 5) is 29.8. The summed E-state index contributed by atoms with van der Waals surface area (Å²) in [5, 5.41) is 0.573. The number of ether oxygens (including phenoxy) is 2. The molecule has 6 heteroatoms. The zero-order chi connectivity index (χ0) is 13.1. The van der Waals surface area contributed by atoms with E-state index in [0.29, 0.717) is 10.9 Å². The summed E-state index contributed by atoms with van der Waals surface area (Å²) in [6, 6.07) is 6.81. The molecule has 0 aliphatic heterocycles. The molecular weight excluding hydrogens is 236 g/mol. The fraction of sp³-hybridized carbons (Fsp3) is 0.167. The molecule has 0 unspecified atom stereocenters. The van der Waals surface area contributed by atoms with Crippen molar-refractivity contribution in [1.82, 2.24) is 9.97 Å². The molecule has 0 amide bonds. The molecule has 0 saturated carbocycles. The molecule has 6 nitrogen and oxygen atoms in total. The summed E-state index contributed by atoms with van der Waals surface area (Å²) in [6.45, 7) is 2.51. The summed E-state index contributed by atoms with van der Waals surface area (Å²) >= 11 is 0. The highest BCUT2D eigenvalue weighted by Gasteiger charge is 2.12. The lowest BCUT2D eigenvalue weighted by atomic mass is 10.2. The Labute approximate surface area is 103 Å². The Hall–Kier alpha value is -2.50. The fourth-order valence-electron chi connectivity index (χ4n) is 1.42. The Balaban J connectivity index is 2.56. The lowest BCUT2D eigenvalue weighted by Crippen LogP contribution is -2.08. The number of nitrogens with zero attached hydrogens (tertiary/aromatic N) is 2. The van der Waals surface area contributed by atoms with E-state index in [0.717, 1.165) is 0 Å². The number of hydrogen-bond donors (Lipinski definition) is 0. The van der Waals surface area contributed by atoms with Gasteiger partial charge in [0.1, 0.15) is 0 Å². The molecule has 0 aliphatic carbocycles. The van der Waals surface area contributed by atoms with E-state index in [9.17, 15) is 9.59 Å². The summed E-state index contributed by atoms with van der Waals surface area (Å²) in [6.07, 6.45) is 0. The predicted octanol–water partition coefficient (Wildman–Crippen LogP) is 1.48. The van der Waals surface area contributed by atoms with Gasteiger partial charge in [-0.3, -0.25) is 9.59 Å². The fourth-order valence-corrected chi connectivity index (χ4v) is 1.42. The SMILES string of the molecule is CC(=O)Oc1nc(OC(C)=O)c2ccccc2n1. The number of hydrogen-bond acceptors (Lipinski definition) is 6. The van der Waals surface area contributed by atoms with Crippen LogP contribution >= 0.6 is 0 Å². The summed E-state index contributed by atoms with van der Waals surface area (Å²) < 4.78 is 9.76. The van der Waals surface area contributed by atoms with Crippen molar-refractivity contribution in [2.75, 3.05) is 0 Å². The zero-order valence-corrected chi connectivity index (χ0v) is 9.84. The summed E-state index contributed by atoms with van der Waals surface area (Å²) in [7, 11) is 0. The maximum Gasteiger partial charge on any atom is 0.328 e. The van der Waals surface area contributed by atoms with Gasteiger partial charge in [-0.1, -0.05) is 12.1 Å². The Morgan fingerprint density at radius 2 is 1.67 bits per heavy atom. The van der Waals surface area contributed by atoms with Crippen molar-refractivity contribution in [3.8, 4) is 11.9 Å². The topological polar surface area (TPSA) is 78.4 Å². The quantitative estimate of drug-likeness (QED) is 0.747. The zero-order valence-electron chi connectivity index (χ0n) is 9.84. The van der Waals surface area contributed by atoms with Crippen molar-refractivity contribution in [3.05, 3.63) is 24.3 Å². The largest absolute Gasteiger partial charge is 0.407 e. The molecule has 1 aromatic carbocycles. The molecule has 18 heavy (non-hydrogen) atoms. The number of carbonyl (C=O) groups is 2. The van der Waals surface area contributed by atoms with Crippen molar-refractivity contribution in [2.45, 2.75) is 13.8 Å². The van der Waals surface area contributed by atoms with E-state index in [2.05, 4.69) is 9.97 Å². The van der Waals surface area contributed by atoms with Crippen molar-refractivity contribution in [2.24, 2.45) is 0 Å². The second-order valence-electron chi connectivity index (χ2n) is 3.52. The van der Waals surface area contributed by atoms with E-state index < -0.39 is 11.9 Å². The lowest BCUT2D eigenvalue weighted by Gasteiger charge is -2.06. The third-order valence-corrected chi connectivity index (χ3v) is 2.02. The number of carbonyl (C=O) groups excluding carboxylic acids is 2. The molecule has 0 bridgehead atoms. The van der Waals surface area contributed by atoms with E-state index in [4.69, 9.17) is 9.47 Å². The molecule has 0 N–H and O–H groups in total. The van der Waals surface area contributed by atoms with Crippen LogP contribution in [-0.4, -0.2) is 21.9 Å². The van der Waals surface area contributed by atoms with Crippen molar-refractivity contribution in [3.63, 3.8) is 0 Å². The van der Waals surface area contributed by atoms with Crippen molar-refractivity contribution < 1.29 is 19.1 Å². The Morgan fingerprint density at radius 1 is 1.00 bits per heavy atom. The molecule has 2 rings (SSSR count). The first-order valence-electron chi connectivity index (χ1n) is 5.20. The van der Waals surface area contributed by atoms with Crippen LogP contribution in [0.15, 0.2) is 24.3 Å². The minimum Gasteiger partial charge on any atom is -0.407 e. The number of para-hydroxylation sites is 1. The predicted molar refractivity (Wildman–Crippen MR) is 62.2 cm³/mol. The van der Waals surface area contributed by atoms with Crippen LogP contribution in [0.5, 0.6) is 11.9 Å². The average molecular weight is 246 g/mol. The molecule has 0 saturated heterocycles. The first-order chi connectivity index (χ1) is 8.56. The van der Waals surface area contributed by atoms with Crippen LogP contribution in [0, 0.1) is 0 Å². The molecule has 0 atom stereocenters. The normalized spacial score (nSPS) is 10.1. The van der Waals surface area contributed by atoms with Crippen LogP contribution in [0.1, 0.15) is 13.8 Å². The number of esters is 2. The van der Waals surface area contributed by atoms with Gasteiger partial charge in [0.15, 0.2) is 0 Å². The Kier molecular flexibility index (Phi) is 3.18. The molecule has 92 valence electrons. The first-order valence-corrected chi connectivity index (χ1v) is 5.20. The molecule has 1 aromatic heterocycles. The van der Waals surface area contributed by atoms with Gasteiger partial charge < -0.3 is 9.47 Å². The monoisotopic (exact) mass is 246 g/mol. The van der Waals surface area contributed by atoms with Gasteiger partial charge in [0, 0.05) is 13.8 Å². The maximum atomic E-state index is 11.0. The highest BCUT2D eigenvalue weighted by Crippen LogP contribution is 2.24. The third kappa shape index (κ3) is 2.60. The van der Waals surface area contributed by atoms with E-state index in [-0.39, 0.29) is 11.9 Å². The number of benzene rings is 1. The standard InChI is InChI=1S/C12H10N2O4/c1-7(15)17-11-9-5-3-4-6-10(9)13-12(14-11)18-8(2)16/h3-6H,1-2H3. The van der Waals surface area contributed by atoms with Gasteiger partial charge >= 0.3 is 17.9 Å². The molecule has 0 radical (unpaired) electrons. The van der Waals surface area contributed by atoms with E-state index >= 15 is 0 Å². The lowest BCUT2D eigenvalue weighted by molar-refractivity contribution is -0.132. The Bertz CT molecular complexity index is 625. The van der Waals surface area contributed by atoms with Crippen molar-refractivity contribution >= 4 is 22.8 Å². The second kappa shape index (κ2) is 4.79. The molecule has 0 spiro atoms. The van der Waals surface area contributed by atoms with Gasteiger partial charge in [0.25, 0.3) is 0 Å². The van der Waals surface area contributed by atoms with Crippen LogP contribution in [-0.2, 0) is 9.59 Å². The van der Waals surface area contributed by atoms with Crippen LogP contribution in [0.25, 0.3) is 10.9 Å². The molecule has 2 aromatic rings. The van der Waals surface area contributed by atoms with Gasteiger partial charge in [0.05, 0.1) is 10.9 Å². The number of aromatic nitrogens is 2. The Morgan fingerprint density at radius 3 is 2.33 bits per heavy atom. The minimum atomic E-state index is -0.543. The van der Waals surface area contributed by atoms with Crippen LogP contribution in [0.4, 0.5) is 0 Å². The third-order valence-electron chi connectivity index (χ3n) is 2.02.